The number of hydrogen-bond donors (Lipinski definition) is 5. The van der Waals surface area contributed by atoms with Crippen molar-refractivity contribution >= 4 is 71.0 Å². The van der Waals surface area contributed by atoms with Crippen molar-refractivity contribution in [2.45, 2.75) is 16.7 Å². The molecule has 0 fully saturated rings. The van der Waals surface area contributed by atoms with E-state index in [-0.39, 0.29) is 27.0 Å². The normalized spacial score (nSPS) is 12.2. The van der Waals surface area contributed by atoms with E-state index < -0.39 is 42.5 Å². The van der Waals surface area contributed by atoms with Gasteiger partial charge in [0.1, 0.15) is 10.6 Å². The van der Waals surface area contributed by atoms with Crippen molar-refractivity contribution in [3.05, 3.63) is 102 Å². The fourth-order valence-corrected chi connectivity index (χ4v) is 5.48. The summed E-state index contributed by atoms with van der Waals surface area (Å²) in [5, 5.41) is 30.1. The number of anilines is 2. The van der Waals surface area contributed by atoms with Crippen LogP contribution < -0.4 is 11.1 Å². The van der Waals surface area contributed by atoms with Gasteiger partial charge in [-0.15, -0.1) is 5.11 Å². The number of hydrogen-bond acceptors (Lipinski definition) is 11. The number of amides is 1. The number of phenols is 1. The Kier molecular flexibility index (Phi) is 8.62. The van der Waals surface area contributed by atoms with Crippen LogP contribution >= 0.6 is 0 Å². The number of azo groups is 2. The van der Waals surface area contributed by atoms with E-state index in [2.05, 4.69) is 25.8 Å². The van der Waals surface area contributed by atoms with Crippen LogP contribution in [0.3, 0.4) is 0 Å². The lowest BCUT2D eigenvalue weighted by atomic mass is 10.1. The molecule has 0 heterocycles. The van der Waals surface area contributed by atoms with Crippen molar-refractivity contribution < 1.29 is 35.8 Å². The molecule has 0 radical (unpaired) electrons. The molecular weight excluding hydrogens is 636 g/mol. The molecule has 0 bridgehead atoms. The van der Waals surface area contributed by atoms with E-state index in [1.807, 2.05) is 0 Å². The monoisotopic (exact) mass is 660 g/mol. The second-order valence-electron chi connectivity index (χ2n) is 9.90. The van der Waals surface area contributed by atoms with Crippen molar-refractivity contribution in [1.82, 2.24) is 0 Å². The smallest absolute Gasteiger partial charge is 0.296 e. The zero-order chi connectivity index (χ0) is 33.2. The van der Waals surface area contributed by atoms with Crippen molar-refractivity contribution in [3.63, 3.8) is 0 Å². The second kappa shape index (κ2) is 12.4. The Morgan fingerprint density at radius 1 is 0.761 bits per heavy atom. The largest absolute Gasteiger partial charge is 0.505 e. The number of carbonyl (C=O) groups excluding carboxylic acids is 1. The van der Waals surface area contributed by atoms with E-state index in [4.69, 9.17) is 5.73 Å². The van der Waals surface area contributed by atoms with Crippen LogP contribution in [0.25, 0.3) is 10.8 Å². The van der Waals surface area contributed by atoms with Gasteiger partial charge in [-0.05, 0) is 103 Å². The Labute approximate surface area is 262 Å². The van der Waals surface area contributed by atoms with E-state index in [1.54, 1.807) is 37.3 Å². The van der Waals surface area contributed by atoms with Crippen molar-refractivity contribution in [1.29, 1.82) is 0 Å². The van der Waals surface area contributed by atoms with E-state index in [1.165, 1.54) is 48.5 Å². The van der Waals surface area contributed by atoms with Crippen LogP contribution in [0.2, 0.25) is 0 Å². The third kappa shape index (κ3) is 7.22. The number of carbonyl (C=O) groups is 1. The van der Waals surface area contributed by atoms with Gasteiger partial charge in [-0.1, -0.05) is 6.07 Å². The van der Waals surface area contributed by atoms with Gasteiger partial charge in [0.15, 0.2) is 5.75 Å². The number of nitrogens with zero attached hydrogens (tertiary/aromatic N) is 4. The average Bonchev–Trinajstić information content (AvgIpc) is 2.99. The number of nitrogens with one attached hydrogen (secondary N) is 1. The Morgan fingerprint density at radius 2 is 1.46 bits per heavy atom. The third-order valence-electron chi connectivity index (χ3n) is 6.59. The van der Waals surface area contributed by atoms with Gasteiger partial charge in [0.05, 0.1) is 22.0 Å². The van der Waals surface area contributed by atoms with Crippen LogP contribution in [0, 0.1) is 6.92 Å². The van der Waals surface area contributed by atoms with Crippen LogP contribution in [0.5, 0.6) is 5.75 Å². The van der Waals surface area contributed by atoms with Crippen LogP contribution in [0.15, 0.2) is 121 Å². The van der Waals surface area contributed by atoms with Crippen molar-refractivity contribution in [3.8, 4) is 5.75 Å². The maximum absolute atomic E-state index is 12.6. The molecule has 0 spiro atoms. The standard InChI is InChI=1S/C30H24N6O8S2/c1-17-13-23(10-12-26(17)35-33-22-3-2-4-24(16-22)45(39,40)41)34-36-28-27(46(42,43)44)15-19-14-21(9-11-25(19)29(28)37)32-30(38)18-5-7-20(31)8-6-18/h2-16,37H,31H2,1H3,(H,32,38)(H,39,40,41)(H,42,43,44). The first-order valence-electron chi connectivity index (χ1n) is 13.1. The fourth-order valence-electron chi connectivity index (χ4n) is 4.30. The molecular formula is C30H24N6O8S2. The summed E-state index contributed by atoms with van der Waals surface area (Å²) in [6, 6.07) is 21.5. The molecule has 6 N–H and O–H groups in total. The SMILES string of the molecule is Cc1cc(N=Nc2c(S(=O)(=O)O)cc3cc(NC(=O)c4ccc(N)cc4)ccc3c2O)ccc1N=Nc1cccc(S(=O)(=O)O)c1. The Bertz CT molecular complexity index is 2290. The zero-order valence-electron chi connectivity index (χ0n) is 23.7. The highest BCUT2D eigenvalue weighted by Gasteiger charge is 2.22. The van der Waals surface area contributed by atoms with E-state index >= 15 is 0 Å². The first kappa shape index (κ1) is 31.9. The van der Waals surface area contributed by atoms with Crippen molar-refractivity contribution in [2.75, 3.05) is 11.1 Å². The number of aromatic hydroxyl groups is 1. The van der Waals surface area contributed by atoms with Crippen LogP contribution in [-0.4, -0.2) is 37.0 Å². The Morgan fingerprint density at radius 3 is 2.13 bits per heavy atom. The van der Waals surface area contributed by atoms with Gasteiger partial charge >= 0.3 is 0 Å². The lowest BCUT2D eigenvalue weighted by Gasteiger charge is -2.11. The van der Waals surface area contributed by atoms with Gasteiger partial charge in [-0.2, -0.15) is 32.2 Å². The molecule has 14 nitrogen and oxygen atoms in total. The molecule has 0 saturated heterocycles. The topological polar surface area (TPSA) is 234 Å². The number of fused-ring (bicyclic) bond motifs is 1. The molecule has 0 saturated carbocycles. The van der Waals surface area contributed by atoms with Gasteiger partial charge in [0.2, 0.25) is 0 Å². The predicted octanol–water partition coefficient (Wildman–Crippen LogP) is 7.01. The minimum atomic E-state index is -4.89. The lowest BCUT2D eigenvalue weighted by molar-refractivity contribution is 0.102. The van der Waals surface area contributed by atoms with Crippen LogP contribution in [-0.2, 0) is 20.2 Å². The van der Waals surface area contributed by atoms with Gasteiger partial charge < -0.3 is 16.2 Å². The minimum absolute atomic E-state index is 0.178. The molecule has 0 aliphatic heterocycles. The number of benzene rings is 5. The lowest BCUT2D eigenvalue weighted by Crippen LogP contribution is -2.11. The number of aryl methyl sites for hydroxylation is 1. The average molecular weight is 661 g/mol. The molecule has 0 unspecified atom stereocenters. The third-order valence-corrected chi connectivity index (χ3v) is 8.31. The Balaban J connectivity index is 1.43. The zero-order valence-corrected chi connectivity index (χ0v) is 25.4. The van der Waals surface area contributed by atoms with Gasteiger partial charge in [-0.3, -0.25) is 13.9 Å². The highest BCUT2D eigenvalue weighted by molar-refractivity contribution is 7.86. The quantitative estimate of drug-likeness (QED) is 0.0653. The summed E-state index contributed by atoms with van der Waals surface area (Å²) in [7, 11) is -9.30. The minimum Gasteiger partial charge on any atom is -0.505 e. The molecule has 5 aromatic rings. The van der Waals surface area contributed by atoms with Gasteiger partial charge in [0.25, 0.3) is 26.1 Å². The predicted molar refractivity (Wildman–Crippen MR) is 170 cm³/mol. The number of phenolic OH excluding ortho intramolecular Hbond substituents is 1. The second-order valence-corrected chi connectivity index (χ2v) is 12.7. The maximum Gasteiger partial charge on any atom is 0.296 e. The van der Waals surface area contributed by atoms with Crippen molar-refractivity contribution in [2.24, 2.45) is 20.5 Å². The molecule has 234 valence electrons. The molecule has 16 heteroatoms. The number of nitrogen functional groups attached to an aromatic ring is 1. The molecule has 1 amide bonds. The summed E-state index contributed by atoms with van der Waals surface area (Å²) in [6.45, 7) is 1.68. The Hall–Kier alpha value is -5.55. The first-order valence-corrected chi connectivity index (χ1v) is 16.0. The van der Waals surface area contributed by atoms with E-state index in [0.29, 0.717) is 28.2 Å². The fraction of sp³-hybridized carbons (Fsp3) is 0.0333. The molecule has 0 atom stereocenters. The summed E-state index contributed by atoms with van der Waals surface area (Å²) < 4.78 is 66.5. The maximum atomic E-state index is 12.6. The molecule has 46 heavy (non-hydrogen) atoms. The summed E-state index contributed by atoms with van der Waals surface area (Å²) in [4.78, 5) is 11.6. The van der Waals surface area contributed by atoms with Crippen LogP contribution in [0.1, 0.15) is 15.9 Å². The molecule has 0 aliphatic carbocycles. The summed E-state index contributed by atoms with van der Waals surface area (Å²) >= 11 is 0. The van der Waals surface area contributed by atoms with E-state index in [0.717, 1.165) is 12.1 Å². The summed E-state index contributed by atoms with van der Waals surface area (Å²) in [5.74, 6) is -1.02. The molecule has 0 aromatic heterocycles. The summed E-state index contributed by atoms with van der Waals surface area (Å²) in [6.07, 6.45) is 0. The first-order chi connectivity index (χ1) is 21.7. The van der Waals surface area contributed by atoms with Gasteiger partial charge in [0, 0.05) is 22.3 Å². The molecule has 5 aromatic carbocycles. The van der Waals surface area contributed by atoms with Crippen LogP contribution in [0.4, 0.5) is 34.1 Å². The highest BCUT2D eigenvalue weighted by Crippen LogP contribution is 2.42. The van der Waals surface area contributed by atoms with Gasteiger partial charge in [-0.25, -0.2) is 0 Å². The molecule has 0 aliphatic rings. The number of nitrogens with two attached hydrogens (primary N) is 1. The highest BCUT2D eigenvalue weighted by atomic mass is 32.2. The molecule has 5 rings (SSSR count). The number of rotatable bonds is 8. The van der Waals surface area contributed by atoms with E-state index in [9.17, 15) is 35.8 Å². The summed E-state index contributed by atoms with van der Waals surface area (Å²) in [5.41, 5.74) is 7.65.